The fourth-order valence-electron chi connectivity index (χ4n) is 4.49. The van der Waals surface area contributed by atoms with Gasteiger partial charge in [0.15, 0.2) is 0 Å². The van der Waals surface area contributed by atoms with Gasteiger partial charge in [-0.2, -0.15) is 0 Å². The van der Waals surface area contributed by atoms with Gasteiger partial charge in [0.05, 0.1) is 0 Å². The van der Waals surface area contributed by atoms with Crippen LogP contribution in [0.15, 0.2) is 36.4 Å². The third kappa shape index (κ3) is 8.07. The van der Waals surface area contributed by atoms with Gasteiger partial charge in [0.25, 0.3) is 0 Å². The normalized spacial score (nSPS) is 11.8. The molecule has 3 N–H and O–H groups in total. The lowest BCUT2D eigenvalue weighted by atomic mass is 9.92. The zero-order chi connectivity index (χ0) is 24.4. The van der Waals surface area contributed by atoms with Crippen molar-refractivity contribution in [2.75, 3.05) is 36.8 Å². The Morgan fingerprint density at radius 2 is 0.788 bits per heavy atom. The first kappa shape index (κ1) is 27.2. The highest BCUT2D eigenvalue weighted by Crippen LogP contribution is 2.33. The highest BCUT2D eigenvalue weighted by atomic mass is 14.9. The molecule has 0 amide bonds. The van der Waals surface area contributed by atoms with Gasteiger partial charge in [-0.3, -0.25) is 0 Å². The molecule has 0 aliphatic heterocycles. The monoisotopic (exact) mass is 451 g/mol. The van der Waals surface area contributed by atoms with Crippen LogP contribution in [0.3, 0.4) is 0 Å². The zero-order valence-electron chi connectivity index (χ0n) is 22.5. The van der Waals surface area contributed by atoms with Gasteiger partial charge in [-0.05, 0) is 71.9 Å². The average molecular weight is 452 g/mol. The van der Waals surface area contributed by atoms with E-state index >= 15 is 0 Å². The molecule has 0 bridgehead atoms. The van der Waals surface area contributed by atoms with Crippen molar-refractivity contribution in [3.8, 4) is 0 Å². The first-order valence-corrected chi connectivity index (χ1v) is 13.2. The van der Waals surface area contributed by atoms with Crippen LogP contribution in [0.4, 0.5) is 11.4 Å². The summed E-state index contributed by atoms with van der Waals surface area (Å²) in [6.07, 6.45) is 2.26. The van der Waals surface area contributed by atoms with E-state index in [0.717, 1.165) is 39.0 Å². The molecule has 2 aromatic carbocycles. The highest BCUT2D eigenvalue weighted by molar-refractivity contribution is 5.61. The minimum Gasteiger partial charge on any atom is -0.385 e. The fourth-order valence-corrected chi connectivity index (χ4v) is 4.49. The second-order valence-electron chi connectivity index (χ2n) is 10.6. The van der Waals surface area contributed by atoms with Crippen molar-refractivity contribution in [2.45, 2.75) is 91.9 Å². The van der Waals surface area contributed by atoms with Crippen LogP contribution in [0, 0.1) is 0 Å². The van der Waals surface area contributed by atoms with Crippen LogP contribution in [0.2, 0.25) is 0 Å². The summed E-state index contributed by atoms with van der Waals surface area (Å²) in [7, 11) is 0. The quantitative estimate of drug-likeness (QED) is 0.254. The van der Waals surface area contributed by atoms with Gasteiger partial charge in [-0.15, -0.1) is 0 Å². The molecule has 3 nitrogen and oxygen atoms in total. The number of benzene rings is 2. The summed E-state index contributed by atoms with van der Waals surface area (Å²) < 4.78 is 0. The largest absolute Gasteiger partial charge is 0.385 e. The third-order valence-corrected chi connectivity index (χ3v) is 6.41. The molecule has 184 valence electrons. The Balaban J connectivity index is 1.74. The Labute approximate surface area is 204 Å². The van der Waals surface area contributed by atoms with Gasteiger partial charge in [0.2, 0.25) is 0 Å². The van der Waals surface area contributed by atoms with Crippen molar-refractivity contribution >= 4 is 11.4 Å². The van der Waals surface area contributed by atoms with Crippen molar-refractivity contribution in [2.24, 2.45) is 0 Å². The van der Waals surface area contributed by atoms with Crippen LogP contribution >= 0.6 is 0 Å². The van der Waals surface area contributed by atoms with Crippen molar-refractivity contribution in [3.63, 3.8) is 0 Å². The summed E-state index contributed by atoms with van der Waals surface area (Å²) in [5.74, 6) is 2.14. The summed E-state index contributed by atoms with van der Waals surface area (Å²) in [4.78, 5) is 0. The van der Waals surface area contributed by atoms with E-state index in [1.54, 1.807) is 0 Å². The zero-order valence-corrected chi connectivity index (χ0v) is 22.5. The van der Waals surface area contributed by atoms with Crippen molar-refractivity contribution in [1.82, 2.24) is 5.32 Å². The van der Waals surface area contributed by atoms with Gasteiger partial charge < -0.3 is 16.0 Å². The number of para-hydroxylation sites is 2. The molecular weight excluding hydrogens is 402 g/mol. The molecular formula is C30H49N3. The summed E-state index contributed by atoms with van der Waals surface area (Å²) in [5, 5.41) is 11.1. The van der Waals surface area contributed by atoms with Crippen LogP contribution in [-0.4, -0.2) is 26.2 Å². The maximum Gasteiger partial charge on any atom is 0.0410 e. The Hall–Kier alpha value is -2.00. The van der Waals surface area contributed by atoms with Gasteiger partial charge >= 0.3 is 0 Å². The number of nitrogens with one attached hydrogen (secondary N) is 3. The fraction of sp³-hybridized carbons (Fsp3) is 0.600. The minimum absolute atomic E-state index is 0.536. The molecule has 0 saturated heterocycles. The van der Waals surface area contributed by atoms with Gasteiger partial charge in [-0.1, -0.05) is 91.8 Å². The Kier molecular flexibility index (Phi) is 11.3. The molecule has 0 aliphatic rings. The average Bonchev–Trinajstić information content (AvgIpc) is 2.77. The van der Waals surface area contributed by atoms with Crippen molar-refractivity contribution in [3.05, 3.63) is 58.7 Å². The molecule has 0 aliphatic carbocycles. The van der Waals surface area contributed by atoms with Crippen molar-refractivity contribution < 1.29 is 0 Å². The van der Waals surface area contributed by atoms with E-state index in [0.29, 0.717) is 23.7 Å². The first-order valence-electron chi connectivity index (χ1n) is 13.2. The first-order chi connectivity index (χ1) is 15.7. The smallest absolute Gasteiger partial charge is 0.0410 e. The molecule has 0 atom stereocenters. The molecule has 33 heavy (non-hydrogen) atoms. The van der Waals surface area contributed by atoms with Gasteiger partial charge in [0.1, 0.15) is 0 Å². The van der Waals surface area contributed by atoms with E-state index in [1.165, 1.54) is 33.6 Å². The number of hydrogen-bond donors (Lipinski definition) is 3. The molecule has 0 heterocycles. The maximum absolute atomic E-state index is 3.75. The number of rotatable bonds is 14. The van der Waals surface area contributed by atoms with Crippen LogP contribution in [0.1, 0.15) is 114 Å². The molecule has 2 rings (SSSR count). The molecule has 0 fully saturated rings. The van der Waals surface area contributed by atoms with Crippen LogP contribution in [0.5, 0.6) is 0 Å². The topological polar surface area (TPSA) is 36.1 Å². The number of anilines is 2. The Morgan fingerprint density at radius 3 is 1.06 bits per heavy atom. The van der Waals surface area contributed by atoms with E-state index in [1.807, 2.05) is 0 Å². The SMILES string of the molecule is CC(C)c1cccc(C(C)C)c1NCCCNCCCNc1c(C(C)C)cccc1C(C)C. The molecule has 3 heteroatoms. The second-order valence-corrected chi connectivity index (χ2v) is 10.6. The third-order valence-electron chi connectivity index (χ3n) is 6.41. The minimum atomic E-state index is 0.536. The predicted octanol–water partition coefficient (Wildman–Crippen LogP) is 8.07. The molecule has 0 unspecified atom stereocenters. The van der Waals surface area contributed by atoms with Crippen LogP contribution < -0.4 is 16.0 Å². The molecule has 0 radical (unpaired) electrons. The molecule has 0 aromatic heterocycles. The summed E-state index contributed by atoms with van der Waals surface area (Å²) >= 11 is 0. The van der Waals surface area contributed by atoms with E-state index < -0.39 is 0 Å². The second kappa shape index (κ2) is 13.6. The molecule has 0 spiro atoms. The highest BCUT2D eigenvalue weighted by Gasteiger charge is 2.14. The van der Waals surface area contributed by atoms with E-state index in [2.05, 4.69) is 108 Å². The Bertz CT molecular complexity index is 714. The van der Waals surface area contributed by atoms with E-state index in [-0.39, 0.29) is 0 Å². The Morgan fingerprint density at radius 1 is 0.485 bits per heavy atom. The summed E-state index contributed by atoms with van der Waals surface area (Å²) in [6.45, 7) is 22.4. The lowest BCUT2D eigenvalue weighted by Gasteiger charge is -2.21. The summed E-state index contributed by atoms with van der Waals surface area (Å²) in [5.41, 5.74) is 8.45. The van der Waals surface area contributed by atoms with Crippen molar-refractivity contribution in [1.29, 1.82) is 0 Å². The van der Waals surface area contributed by atoms with Gasteiger partial charge in [-0.25, -0.2) is 0 Å². The van der Waals surface area contributed by atoms with Crippen LogP contribution in [-0.2, 0) is 0 Å². The number of hydrogen-bond acceptors (Lipinski definition) is 3. The van der Waals surface area contributed by atoms with E-state index in [4.69, 9.17) is 0 Å². The van der Waals surface area contributed by atoms with E-state index in [9.17, 15) is 0 Å². The predicted molar refractivity (Wildman–Crippen MR) is 148 cm³/mol. The standard InChI is InChI=1S/C30H49N3/c1-21(2)25-13-9-14-26(22(3)4)29(25)32-19-11-17-31-18-12-20-33-30-27(23(5)6)15-10-16-28(30)24(7)8/h9-10,13-16,21-24,31-33H,11-12,17-20H2,1-8H3. The van der Waals surface area contributed by atoms with Gasteiger partial charge in [0, 0.05) is 24.5 Å². The van der Waals surface area contributed by atoms with Crippen LogP contribution in [0.25, 0.3) is 0 Å². The molecule has 2 aromatic rings. The maximum atomic E-state index is 3.75. The molecule has 0 saturated carbocycles. The summed E-state index contributed by atoms with van der Waals surface area (Å²) in [6, 6.07) is 13.5. The lowest BCUT2D eigenvalue weighted by molar-refractivity contribution is 0.641. The lowest BCUT2D eigenvalue weighted by Crippen LogP contribution is -2.22.